The van der Waals surface area contributed by atoms with E-state index in [2.05, 4.69) is 25.9 Å². The number of aromatic nitrogens is 1. The molecule has 0 spiro atoms. The molecule has 1 saturated heterocycles. The molecule has 1 fully saturated rings. The predicted octanol–water partition coefficient (Wildman–Crippen LogP) is 2.26. The third-order valence-corrected chi connectivity index (χ3v) is 5.23. The molecule has 3 rings (SSSR count). The van der Waals surface area contributed by atoms with E-state index < -0.39 is 0 Å². The molecule has 1 aromatic heterocycles. The fourth-order valence-corrected chi connectivity index (χ4v) is 3.74. The summed E-state index contributed by atoms with van der Waals surface area (Å²) in [6.45, 7) is 3.59. The van der Waals surface area contributed by atoms with Crippen LogP contribution in [0.15, 0.2) is 35.7 Å². The van der Waals surface area contributed by atoms with E-state index in [1.54, 1.807) is 11.3 Å². The van der Waals surface area contributed by atoms with Gasteiger partial charge in [-0.1, -0.05) is 18.2 Å². The van der Waals surface area contributed by atoms with E-state index >= 15 is 0 Å². The molecule has 1 aliphatic heterocycles. The predicted molar refractivity (Wildman–Crippen MR) is 97.1 cm³/mol. The molecule has 5 nitrogen and oxygen atoms in total. The minimum Gasteiger partial charge on any atom is -0.346 e. The number of hydrogen-bond acceptors (Lipinski definition) is 5. The van der Waals surface area contributed by atoms with Crippen molar-refractivity contribution in [1.82, 2.24) is 20.5 Å². The number of likely N-dealkylation sites (tertiary alicyclic amines) is 1. The molecule has 1 aromatic carbocycles. The molecule has 0 radical (unpaired) electrons. The first-order chi connectivity index (χ1) is 11.7. The van der Waals surface area contributed by atoms with Gasteiger partial charge in [0.1, 0.15) is 5.01 Å². The zero-order valence-corrected chi connectivity index (χ0v) is 14.8. The van der Waals surface area contributed by atoms with Gasteiger partial charge in [-0.2, -0.15) is 0 Å². The van der Waals surface area contributed by atoms with Gasteiger partial charge >= 0.3 is 0 Å². The molecule has 0 bridgehead atoms. The lowest BCUT2D eigenvalue weighted by Gasteiger charge is -2.31. The van der Waals surface area contributed by atoms with Gasteiger partial charge < -0.3 is 10.6 Å². The minimum absolute atomic E-state index is 0.0553. The highest BCUT2D eigenvalue weighted by molar-refractivity contribution is 7.09. The first kappa shape index (κ1) is 17.1. The summed E-state index contributed by atoms with van der Waals surface area (Å²) < 4.78 is 0. The number of nitrogens with one attached hydrogen (secondary N) is 2. The van der Waals surface area contributed by atoms with Crippen molar-refractivity contribution in [2.24, 2.45) is 0 Å². The third kappa shape index (κ3) is 4.63. The van der Waals surface area contributed by atoms with E-state index in [0.29, 0.717) is 18.2 Å². The van der Waals surface area contributed by atoms with Gasteiger partial charge in [-0.05, 0) is 38.6 Å². The molecule has 0 saturated carbocycles. The van der Waals surface area contributed by atoms with Crippen molar-refractivity contribution < 1.29 is 4.79 Å². The monoisotopic (exact) mass is 344 g/mol. The second-order valence-electron chi connectivity index (χ2n) is 6.14. The summed E-state index contributed by atoms with van der Waals surface area (Å²) in [5.41, 5.74) is 1.78. The van der Waals surface area contributed by atoms with E-state index in [1.165, 1.54) is 12.8 Å². The Morgan fingerprint density at radius 1 is 1.38 bits per heavy atom. The van der Waals surface area contributed by atoms with Crippen molar-refractivity contribution in [1.29, 1.82) is 0 Å². The number of likely N-dealkylation sites (N-methyl/N-ethyl adjacent to an activating group) is 1. The average molecular weight is 344 g/mol. The van der Waals surface area contributed by atoms with E-state index in [-0.39, 0.29) is 5.91 Å². The van der Waals surface area contributed by atoms with Gasteiger partial charge in [-0.3, -0.25) is 9.69 Å². The van der Waals surface area contributed by atoms with Crippen LogP contribution in [0, 0.1) is 0 Å². The van der Waals surface area contributed by atoms with Crippen molar-refractivity contribution in [3.8, 4) is 0 Å². The van der Waals surface area contributed by atoms with E-state index in [1.807, 2.05) is 37.4 Å². The fourth-order valence-electron chi connectivity index (χ4n) is 3.01. The van der Waals surface area contributed by atoms with Gasteiger partial charge in [0, 0.05) is 30.1 Å². The van der Waals surface area contributed by atoms with Crippen LogP contribution in [0.2, 0.25) is 0 Å². The Kier molecular flexibility index (Phi) is 5.96. The lowest BCUT2D eigenvalue weighted by molar-refractivity contribution is 0.0951. The van der Waals surface area contributed by atoms with Crippen LogP contribution in [0.25, 0.3) is 0 Å². The number of carbonyl (C=O) groups excluding carboxylic acids is 1. The van der Waals surface area contributed by atoms with Crippen LogP contribution in [0.5, 0.6) is 0 Å². The Balaban J connectivity index is 1.49. The Morgan fingerprint density at radius 2 is 2.21 bits per heavy atom. The highest BCUT2D eigenvalue weighted by Crippen LogP contribution is 2.16. The molecular formula is C18H24N4OS. The van der Waals surface area contributed by atoms with Gasteiger partial charge in [0.25, 0.3) is 5.91 Å². The molecule has 0 aliphatic carbocycles. The zero-order chi connectivity index (χ0) is 16.8. The van der Waals surface area contributed by atoms with Crippen molar-refractivity contribution >= 4 is 17.2 Å². The van der Waals surface area contributed by atoms with Crippen molar-refractivity contribution in [2.45, 2.75) is 32.0 Å². The van der Waals surface area contributed by atoms with E-state index in [9.17, 15) is 4.79 Å². The van der Waals surface area contributed by atoms with E-state index in [0.717, 1.165) is 30.3 Å². The maximum Gasteiger partial charge on any atom is 0.251 e. The lowest BCUT2D eigenvalue weighted by Crippen LogP contribution is -2.43. The summed E-state index contributed by atoms with van der Waals surface area (Å²) in [7, 11) is 2.03. The van der Waals surface area contributed by atoms with Crippen molar-refractivity contribution in [2.75, 3.05) is 20.1 Å². The minimum atomic E-state index is -0.0553. The van der Waals surface area contributed by atoms with Crippen LogP contribution in [0.4, 0.5) is 0 Å². The third-order valence-electron chi connectivity index (χ3n) is 4.33. The summed E-state index contributed by atoms with van der Waals surface area (Å²) in [4.78, 5) is 19.2. The molecule has 2 heterocycles. The molecule has 1 amide bonds. The first-order valence-electron chi connectivity index (χ1n) is 8.41. The van der Waals surface area contributed by atoms with E-state index in [4.69, 9.17) is 0 Å². The second-order valence-corrected chi connectivity index (χ2v) is 7.09. The normalized spacial score (nSPS) is 18.5. The number of amides is 1. The quantitative estimate of drug-likeness (QED) is 0.844. The maximum absolute atomic E-state index is 12.1. The molecule has 128 valence electrons. The molecule has 2 N–H and O–H groups in total. The molecule has 24 heavy (non-hydrogen) atoms. The SMILES string of the molecule is CNC1CCCN(Cc2csc(CNC(=O)c3ccccc3)n2)C1. The number of nitrogens with zero attached hydrogens (tertiary/aromatic N) is 2. The number of piperidine rings is 1. The van der Waals surface area contributed by atoms with Gasteiger partial charge in [0.2, 0.25) is 0 Å². The summed E-state index contributed by atoms with van der Waals surface area (Å²) in [6.07, 6.45) is 2.48. The largest absolute Gasteiger partial charge is 0.346 e. The van der Waals surface area contributed by atoms with Gasteiger partial charge in [-0.15, -0.1) is 11.3 Å². The second kappa shape index (κ2) is 8.37. The van der Waals surface area contributed by atoms with Crippen molar-refractivity contribution in [3.63, 3.8) is 0 Å². The molecule has 2 aromatic rings. The molecule has 1 unspecified atom stereocenters. The van der Waals surface area contributed by atoms with Crippen LogP contribution in [-0.2, 0) is 13.1 Å². The van der Waals surface area contributed by atoms with Crippen LogP contribution in [0.1, 0.15) is 33.9 Å². The zero-order valence-electron chi connectivity index (χ0n) is 14.0. The number of thiazole rings is 1. The van der Waals surface area contributed by atoms with Crippen molar-refractivity contribution in [3.05, 3.63) is 52.0 Å². The lowest BCUT2D eigenvalue weighted by atomic mass is 10.1. The smallest absolute Gasteiger partial charge is 0.251 e. The summed E-state index contributed by atoms with van der Waals surface area (Å²) in [6, 6.07) is 9.86. The standard InChI is InChI=1S/C18H24N4OS/c1-19-15-8-5-9-22(11-15)12-16-13-24-17(21-16)10-20-18(23)14-6-3-2-4-7-14/h2-4,6-7,13,15,19H,5,8-12H2,1H3,(H,20,23). The number of carbonyl (C=O) groups is 1. The summed E-state index contributed by atoms with van der Waals surface area (Å²) in [5, 5.41) is 9.36. The Morgan fingerprint density at radius 3 is 3.00 bits per heavy atom. The summed E-state index contributed by atoms with van der Waals surface area (Å²) in [5.74, 6) is -0.0553. The fraction of sp³-hybridized carbons (Fsp3) is 0.444. The van der Waals surface area contributed by atoms with Crippen LogP contribution >= 0.6 is 11.3 Å². The summed E-state index contributed by atoms with van der Waals surface area (Å²) >= 11 is 1.61. The number of hydrogen-bond donors (Lipinski definition) is 2. The Hall–Kier alpha value is -1.76. The molecule has 1 aliphatic rings. The Labute approximate surface area is 147 Å². The van der Waals surface area contributed by atoms with Gasteiger partial charge in [0.05, 0.1) is 12.2 Å². The molecule has 6 heteroatoms. The van der Waals surface area contributed by atoms with Crippen LogP contribution in [0.3, 0.4) is 0 Å². The van der Waals surface area contributed by atoms with Gasteiger partial charge in [0.15, 0.2) is 0 Å². The number of benzene rings is 1. The Bertz CT molecular complexity index is 658. The molecule has 1 atom stereocenters. The molecular weight excluding hydrogens is 320 g/mol. The maximum atomic E-state index is 12.1. The highest BCUT2D eigenvalue weighted by Gasteiger charge is 2.19. The highest BCUT2D eigenvalue weighted by atomic mass is 32.1. The van der Waals surface area contributed by atoms with Gasteiger partial charge in [-0.25, -0.2) is 4.98 Å². The first-order valence-corrected chi connectivity index (χ1v) is 9.28. The topological polar surface area (TPSA) is 57.3 Å². The van der Waals surface area contributed by atoms with Crippen LogP contribution < -0.4 is 10.6 Å². The number of rotatable bonds is 6. The van der Waals surface area contributed by atoms with Crippen LogP contribution in [-0.4, -0.2) is 42.0 Å². The average Bonchev–Trinajstić information content (AvgIpc) is 3.08.